The first kappa shape index (κ1) is 16.7. The summed E-state index contributed by atoms with van der Waals surface area (Å²) in [6.07, 6.45) is 0.826. The SMILES string of the molecule is COc1c2c(cc3c1[C@@H](C(=O)Nc1cccc(C)c1)N(C)CC3)OCO2. The first-order chi connectivity index (χ1) is 12.6. The Kier molecular flexibility index (Phi) is 4.20. The smallest absolute Gasteiger partial charge is 0.246 e. The average molecular weight is 354 g/mol. The molecule has 0 saturated heterocycles. The number of ether oxygens (including phenoxy) is 3. The molecule has 6 heteroatoms. The van der Waals surface area contributed by atoms with E-state index in [2.05, 4.69) is 5.32 Å². The molecule has 0 radical (unpaired) electrons. The Morgan fingerprint density at radius 3 is 2.92 bits per heavy atom. The van der Waals surface area contributed by atoms with Crippen LogP contribution in [0.5, 0.6) is 17.2 Å². The first-order valence-corrected chi connectivity index (χ1v) is 8.65. The fourth-order valence-corrected chi connectivity index (χ4v) is 3.70. The molecule has 0 saturated carbocycles. The lowest BCUT2D eigenvalue weighted by Crippen LogP contribution is -2.39. The highest BCUT2D eigenvalue weighted by molar-refractivity contribution is 5.96. The quantitative estimate of drug-likeness (QED) is 0.918. The molecule has 2 heterocycles. The van der Waals surface area contributed by atoms with Crippen LogP contribution in [0.15, 0.2) is 30.3 Å². The maximum absolute atomic E-state index is 13.1. The summed E-state index contributed by atoms with van der Waals surface area (Å²) in [7, 11) is 3.55. The number of hydrogen-bond acceptors (Lipinski definition) is 5. The van der Waals surface area contributed by atoms with Gasteiger partial charge in [0.05, 0.1) is 7.11 Å². The van der Waals surface area contributed by atoms with Crippen molar-refractivity contribution in [1.29, 1.82) is 0 Å². The Morgan fingerprint density at radius 1 is 1.31 bits per heavy atom. The Morgan fingerprint density at radius 2 is 2.15 bits per heavy atom. The minimum Gasteiger partial charge on any atom is -0.492 e. The van der Waals surface area contributed by atoms with Crippen molar-refractivity contribution in [2.24, 2.45) is 0 Å². The van der Waals surface area contributed by atoms with Crippen LogP contribution in [0.2, 0.25) is 0 Å². The molecule has 2 aromatic carbocycles. The van der Waals surface area contributed by atoms with Gasteiger partial charge < -0.3 is 19.5 Å². The lowest BCUT2D eigenvalue weighted by molar-refractivity contribution is -0.121. The van der Waals surface area contributed by atoms with Gasteiger partial charge in [-0.2, -0.15) is 0 Å². The summed E-state index contributed by atoms with van der Waals surface area (Å²) in [5.74, 6) is 1.76. The number of hydrogen-bond donors (Lipinski definition) is 1. The fourth-order valence-electron chi connectivity index (χ4n) is 3.70. The van der Waals surface area contributed by atoms with Gasteiger partial charge in [-0.1, -0.05) is 12.1 Å². The minimum absolute atomic E-state index is 0.0868. The number of fused-ring (bicyclic) bond motifs is 2. The van der Waals surface area contributed by atoms with Crippen LogP contribution in [0.4, 0.5) is 5.69 Å². The number of nitrogens with zero attached hydrogens (tertiary/aromatic N) is 1. The fraction of sp³-hybridized carbons (Fsp3) is 0.350. The van der Waals surface area contributed by atoms with E-state index < -0.39 is 6.04 Å². The van der Waals surface area contributed by atoms with Crippen molar-refractivity contribution in [2.75, 3.05) is 32.8 Å². The van der Waals surface area contributed by atoms with Gasteiger partial charge in [-0.05, 0) is 49.7 Å². The van der Waals surface area contributed by atoms with Crippen LogP contribution in [-0.4, -0.2) is 38.3 Å². The van der Waals surface area contributed by atoms with Gasteiger partial charge in [0, 0.05) is 17.8 Å². The van der Waals surface area contributed by atoms with E-state index in [1.165, 1.54) is 0 Å². The molecule has 0 fully saturated rings. The second-order valence-electron chi connectivity index (χ2n) is 6.71. The van der Waals surface area contributed by atoms with Gasteiger partial charge in [0.25, 0.3) is 0 Å². The van der Waals surface area contributed by atoms with Gasteiger partial charge in [-0.15, -0.1) is 0 Å². The van der Waals surface area contributed by atoms with E-state index in [0.29, 0.717) is 17.2 Å². The number of likely N-dealkylation sites (N-methyl/N-ethyl adjacent to an activating group) is 1. The minimum atomic E-state index is -0.455. The molecule has 0 aliphatic carbocycles. The van der Waals surface area contributed by atoms with Crippen molar-refractivity contribution >= 4 is 11.6 Å². The van der Waals surface area contributed by atoms with Gasteiger partial charge in [0.1, 0.15) is 6.04 Å². The van der Waals surface area contributed by atoms with Crippen LogP contribution in [-0.2, 0) is 11.2 Å². The maximum atomic E-state index is 13.1. The van der Waals surface area contributed by atoms with Gasteiger partial charge in [0.15, 0.2) is 11.5 Å². The van der Waals surface area contributed by atoms with Crippen LogP contribution in [0.3, 0.4) is 0 Å². The molecule has 2 aliphatic rings. The van der Waals surface area contributed by atoms with E-state index in [4.69, 9.17) is 14.2 Å². The number of benzene rings is 2. The number of nitrogens with one attached hydrogen (secondary N) is 1. The molecule has 2 aromatic rings. The summed E-state index contributed by atoms with van der Waals surface area (Å²) >= 11 is 0. The van der Waals surface area contributed by atoms with Gasteiger partial charge >= 0.3 is 0 Å². The Bertz CT molecular complexity index is 865. The number of rotatable bonds is 3. The Hall–Kier alpha value is -2.73. The second-order valence-corrected chi connectivity index (χ2v) is 6.71. The van der Waals surface area contributed by atoms with E-state index >= 15 is 0 Å². The second kappa shape index (κ2) is 6.53. The number of aryl methyl sites for hydroxylation is 1. The van der Waals surface area contributed by atoms with Crippen LogP contribution in [0.1, 0.15) is 22.7 Å². The number of amides is 1. The normalized spacial score (nSPS) is 18.3. The number of anilines is 1. The van der Waals surface area contributed by atoms with Crippen LogP contribution in [0.25, 0.3) is 0 Å². The predicted molar refractivity (Wildman–Crippen MR) is 98.0 cm³/mol. The topological polar surface area (TPSA) is 60.0 Å². The summed E-state index contributed by atoms with van der Waals surface area (Å²) in [5, 5.41) is 3.03. The predicted octanol–water partition coefficient (Wildman–Crippen LogP) is 2.90. The van der Waals surface area contributed by atoms with Crippen molar-refractivity contribution in [1.82, 2.24) is 4.90 Å². The average Bonchev–Trinajstić information content (AvgIpc) is 3.07. The molecule has 0 spiro atoms. The monoisotopic (exact) mass is 354 g/mol. The van der Waals surface area contributed by atoms with Gasteiger partial charge in [0.2, 0.25) is 18.4 Å². The lowest BCUT2D eigenvalue weighted by Gasteiger charge is -2.34. The molecule has 2 aliphatic heterocycles. The molecule has 6 nitrogen and oxygen atoms in total. The molecule has 1 N–H and O–H groups in total. The molecule has 0 unspecified atom stereocenters. The zero-order valence-electron chi connectivity index (χ0n) is 15.2. The largest absolute Gasteiger partial charge is 0.492 e. The molecule has 26 heavy (non-hydrogen) atoms. The summed E-state index contributed by atoms with van der Waals surface area (Å²) in [6.45, 7) is 2.95. The zero-order valence-corrected chi connectivity index (χ0v) is 15.2. The van der Waals surface area contributed by atoms with E-state index in [1.54, 1.807) is 7.11 Å². The number of carbonyl (C=O) groups is 1. The molecule has 0 aromatic heterocycles. The van der Waals surface area contributed by atoms with E-state index in [1.807, 2.05) is 49.2 Å². The van der Waals surface area contributed by atoms with Gasteiger partial charge in [-0.3, -0.25) is 9.69 Å². The molecule has 4 rings (SSSR count). The summed E-state index contributed by atoms with van der Waals surface area (Å²) < 4.78 is 16.8. The highest BCUT2D eigenvalue weighted by Gasteiger charge is 2.37. The molecule has 0 bridgehead atoms. The first-order valence-electron chi connectivity index (χ1n) is 8.65. The van der Waals surface area contributed by atoms with Crippen molar-refractivity contribution in [3.8, 4) is 17.2 Å². The third-order valence-corrected chi connectivity index (χ3v) is 4.93. The van der Waals surface area contributed by atoms with E-state index in [-0.39, 0.29) is 12.7 Å². The summed E-state index contributed by atoms with van der Waals surface area (Å²) in [4.78, 5) is 15.2. The zero-order chi connectivity index (χ0) is 18.3. The van der Waals surface area contributed by atoms with E-state index in [9.17, 15) is 4.79 Å². The molecule has 1 amide bonds. The molecule has 1 atom stereocenters. The molecule has 136 valence electrons. The number of methoxy groups -OCH3 is 1. The summed E-state index contributed by atoms with van der Waals surface area (Å²) in [6, 6.07) is 9.30. The molecular formula is C20H22N2O4. The maximum Gasteiger partial charge on any atom is 0.246 e. The standard InChI is InChI=1S/C20H22N2O4/c1-12-5-4-6-14(9-12)21-20(23)17-16-13(7-8-22(17)2)10-15-18(19(16)24-3)26-11-25-15/h4-6,9-10,17H,7-8,11H2,1-3H3,(H,21,23)/t17-/m0/s1. The van der Waals surface area contributed by atoms with Crippen molar-refractivity contribution in [3.63, 3.8) is 0 Å². The highest BCUT2D eigenvalue weighted by atomic mass is 16.7. The van der Waals surface area contributed by atoms with Crippen molar-refractivity contribution in [2.45, 2.75) is 19.4 Å². The van der Waals surface area contributed by atoms with Crippen LogP contribution >= 0.6 is 0 Å². The third kappa shape index (κ3) is 2.76. The highest BCUT2D eigenvalue weighted by Crippen LogP contribution is 2.49. The number of carbonyl (C=O) groups excluding carboxylic acids is 1. The lowest BCUT2D eigenvalue weighted by atomic mass is 9.90. The van der Waals surface area contributed by atoms with Crippen molar-refractivity contribution < 1.29 is 19.0 Å². The van der Waals surface area contributed by atoms with Crippen LogP contribution in [0, 0.1) is 6.92 Å². The van der Waals surface area contributed by atoms with Gasteiger partial charge in [-0.25, -0.2) is 0 Å². The Labute approximate surface area is 152 Å². The third-order valence-electron chi connectivity index (χ3n) is 4.93. The van der Waals surface area contributed by atoms with Crippen molar-refractivity contribution in [3.05, 3.63) is 47.0 Å². The van der Waals surface area contributed by atoms with Crippen LogP contribution < -0.4 is 19.5 Å². The Balaban J connectivity index is 1.75. The van der Waals surface area contributed by atoms with E-state index in [0.717, 1.165) is 35.3 Å². The molecular weight excluding hydrogens is 332 g/mol. The summed E-state index contributed by atoms with van der Waals surface area (Å²) in [5.41, 5.74) is 3.81.